The van der Waals surface area contributed by atoms with Gasteiger partial charge in [0.1, 0.15) is 5.82 Å². The fraction of sp³-hybridized carbons (Fsp3) is 0.444. The lowest BCUT2D eigenvalue weighted by Gasteiger charge is -2.19. The number of carboxylic acids is 1. The average Bonchev–Trinajstić information content (AvgIpc) is 3.14. The van der Waals surface area contributed by atoms with Crippen molar-refractivity contribution in [1.82, 2.24) is 14.8 Å². The third-order valence-corrected chi connectivity index (χ3v) is 6.33. The Morgan fingerprint density at radius 2 is 1.78 bits per heavy atom. The second kappa shape index (κ2) is 10.1. The molecule has 1 aromatic heterocycles. The van der Waals surface area contributed by atoms with Crippen LogP contribution in [0.15, 0.2) is 48.5 Å². The van der Waals surface area contributed by atoms with Gasteiger partial charge in [-0.25, -0.2) is 14.5 Å². The minimum atomic E-state index is -0.906. The minimum absolute atomic E-state index is 0.322. The van der Waals surface area contributed by atoms with Crippen molar-refractivity contribution < 1.29 is 9.90 Å². The van der Waals surface area contributed by atoms with Crippen molar-refractivity contribution in [2.24, 2.45) is 11.8 Å². The quantitative estimate of drug-likeness (QED) is 0.474. The number of carboxylic acid groups (broad SMARTS) is 1. The van der Waals surface area contributed by atoms with E-state index in [4.69, 9.17) is 10.1 Å². The lowest BCUT2D eigenvalue weighted by atomic mass is 9.87. The molecule has 0 bridgehead atoms. The molecule has 4 rings (SSSR count). The van der Waals surface area contributed by atoms with E-state index in [-0.39, 0.29) is 0 Å². The molecule has 32 heavy (non-hydrogen) atoms. The topological polar surface area (TPSA) is 68.0 Å². The number of aromatic carboxylic acids is 1. The normalized spacial score (nSPS) is 14.7. The molecule has 168 valence electrons. The van der Waals surface area contributed by atoms with Gasteiger partial charge in [-0.2, -0.15) is 5.10 Å². The zero-order valence-electron chi connectivity index (χ0n) is 19.1. The average molecular weight is 432 g/mol. The molecular weight excluding hydrogens is 398 g/mol. The van der Waals surface area contributed by atoms with E-state index in [1.165, 1.54) is 32.1 Å². The first-order chi connectivity index (χ1) is 15.5. The molecule has 1 aliphatic rings. The molecule has 1 heterocycles. The van der Waals surface area contributed by atoms with Crippen molar-refractivity contribution in [1.29, 1.82) is 0 Å². The summed E-state index contributed by atoms with van der Waals surface area (Å²) in [5.41, 5.74) is 3.11. The summed E-state index contributed by atoms with van der Waals surface area (Å²) in [7, 11) is 0. The molecule has 1 saturated carbocycles. The molecule has 0 spiro atoms. The monoisotopic (exact) mass is 431 g/mol. The highest BCUT2D eigenvalue weighted by Crippen LogP contribution is 2.27. The Bertz CT molecular complexity index is 1050. The van der Waals surface area contributed by atoms with Gasteiger partial charge in [0.15, 0.2) is 5.82 Å². The number of aromatic nitrogens is 3. The molecule has 0 amide bonds. The zero-order valence-corrected chi connectivity index (χ0v) is 19.1. The third-order valence-electron chi connectivity index (χ3n) is 6.33. The highest BCUT2D eigenvalue weighted by molar-refractivity contribution is 5.95. The summed E-state index contributed by atoms with van der Waals surface area (Å²) in [5, 5.41) is 14.4. The van der Waals surface area contributed by atoms with Crippen LogP contribution in [0.4, 0.5) is 0 Å². The number of nitrogens with zero attached hydrogens (tertiary/aromatic N) is 3. The van der Waals surface area contributed by atoms with Crippen LogP contribution in [-0.4, -0.2) is 25.8 Å². The summed E-state index contributed by atoms with van der Waals surface area (Å²) in [6.07, 6.45) is 8.54. The first kappa shape index (κ1) is 22.3. The maximum absolute atomic E-state index is 11.6. The van der Waals surface area contributed by atoms with Crippen LogP contribution >= 0.6 is 0 Å². The Hall–Kier alpha value is -2.95. The van der Waals surface area contributed by atoms with E-state index in [2.05, 4.69) is 30.7 Å². The van der Waals surface area contributed by atoms with Crippen LogP contribution in [0.25, 0.3) is 11.1 Å². The molecule has 3 aromatic rings. The second-order valence-electron chi connectivity index (χ2n) is 9.46. The molecule has 5 nitrogen and oxygen atoms in total. The van der Waals surface area contributed by atoms with Gasteiger partial charge in [-0.3, -0.25) is 0 Å². The van der Waals surface area contributed by atoms with E-state index in [1.807, 2.05) is 24.3 Å². The van der Waals surface area contributed by atoms with Crippen molar-refractivity contribution in [3.8, 4) is 11.1 Å². The summed E-state index contributed by atoms with van der Waals surface area (Å²) in [5.74, 6) is 2.39. The fourth-order valence-electron chi connectivity index (χ4n) is 4.69. The van der Waals surface area contributed by atoms with Gasteiger partial charge < -0.3 is 5.11 Å². The molecule has 0 unspecified atom stereocenters. The molecule has 1 aliphatic carbocycles. The lowest BCUT2D eigenvalue weighted by molar-refractivity contribution is 0.0697. The van der Waals surface area contributed by atoms with Crippen LogP contribution in [0.2, 0.25) is 0 Å². The molecular formula is C27H33N3O2. The Labute approximate surface area is 190 Å². The van der Waals surface area contributed by atoms with Gasteiger partial charge in [0.05, 0.1) is 12.1 Å². The highest BCUT2D eigenvalue weighted by Gasteiger charge is 2.19. The fourth-order valence-corrected chi connectivity index (χ4v) is 4.69. The predicted octanol–water partition coefficient (Wildman–Crippen LogP) is 6.01. The van der Waals surface area contributed by atoms with Gasteiger partial charge in [-0.15, -0.1) is 0 Å². The zero-order chi connectivity index (χ0) is 22.5. The molecule has 0 aliphatic heterocycles. The summed E-state index contributed by atoms with van der Waals surface area (Å²) >= 11 is 0. The van der Waals surface area contributed by atoms with Crippen LogP contribution in [0.5, 0.6) is 0 Å². The summed E-state index contributed by atoms with van der Waals surface area (Å²) in [4.78, 5) is 16.5. The van der Waals surface area contributed by atoms with Crippen molar-refractivity contribution >= 4 is 5.97 Å². The summed E-state index contributed by atoms with van der Waals surface area (Å²) in [6, 6.07) is 15.3. The lowest BCUT2D eigenvalue weighted by Crippen LogP contribution is -2.11. The standard InChI is InChI=1S/C27H33N3O2/c1-19(2)16-26-28-25(17-20-8-4-3-5-9-20)29-30(26)18-21-12-14-22(15-13-21)23-10-6-7-11-24(23)27(31)32/h6-7,10-15,19-20H,3-5,8-9,16-18H2,1-2H3,(H,31,32). The Morgan fingerprint density at radius 1 is 1.06 bits per heavy atom. The molecule has 1 fully saturated rings. The van der Waals surface area contributed by atoms with Gasteiger partial charge in [-0.05, 0) is 34.6 Å². The Balaban J connectivity index is 1.53. The van der Waals surface area contributed by atoms with E-state index in [9.17, 15) is 9.90 Å². The summed E-state index contributed by atoms with van der Waals surface area (Å²) < 4.78 is 2.07. The molecule has 0 atom stereocenters. The number of hydrogen-bond donors (Lipinski definition) is 1. The molecule has 5 heteroatoms. The van der Waals surface area contributed by atoms with E-state index in [0.717, 1.165) is 47.1 Å². The van der Waals surface area contributed by atoms with Gasteiger partial charge in [-0.1, -0.05) is 88.4 Å². The first-order valence-corrected chi connectivity index (χ1v) is 11.8. The number of benzene rings is 2. The van der Waals surface area contributed by atoms with E-state index >= 15 is 0 Å². The van der Waals surface area contributed by atoms with Crippen LogP contribution in [0.3, 0.4) is 0 Å². The summed E-state index contributed by atoms with van der Waals surface area (Å²) in [6.45, 7) is 5.11. The van der Waals surface area contributed by atoms with Crippen LogP contribution in [0.1, 0.15) is 73.5 Å². The molecule has 0 saturated heterocycles. The van der Waals surface area contributed by atoms with Crippen LogP contribution in [0, 0.1) is 11.8 Å². The number of carbonyl (C=O) groups is 1. The van der Waals surface area contributed by atoms with Crippen molar-refractivity contribution in [2.75, 3.05) is 0 Å². The molecule has 2 aromatic carbocycles. The molecule has 1 N–H and O–H groups in total. The highest BCUT2D eigenvalue weighted by atomic mass is 16.4. The van der Waals surface area contributed by atoms with E-state index in [1.54, 1.807) is 12.1 Å². The minimum Gasteiger partial charge on any atom is -0.478 e. The van der Waals surface area contributed by atoms with Crippen molar-refractivity contribution in [3.05, 3.63) is 71.3 Å². The maximum atomic E-state index is 11.6. The smallest absolute Gasteiger partial charge is 0.336 e. The van der Waals surface area contributed by atoms with Gasteiger partial charge in [0.2, 0.25) is 0 Å². The van der Waals surface area contributed by atoms with Gasteiger partial charge in [0.25, 0.3) is 0 Å². The Morgan fingerprint density at radius 3 is 2.47 bits per heavy atom. The van der Waals surface area contributed by atoms with Crippen LogP contribution < -0.4 is 0 Å². The second-order valence-corrected chi connectivity index (χ2v) is 9.46. The Kier molecular flexibility index (Phi) is 7.03. The molecule has 0 radical (unpaired) electrons. The van der Waals surface area contributed by atoms with Crippen molar-refractivity contribution in [3.63, 3.8) is 0 Å². The maximum Gasteiger partial charge on any atom is 0.336 e. The van der Waals surface area contributed by atoms with Gasteiger partial charge >= 0.3 is 5.97 Å². The van der Waals surface area contributed by atoms with Crippen LogP contribution in [-0.2, 0) is 19.4 Å². The largest absolute Gasteiger partial charge is 0.478 e. The van der Waals surface area contributed by atoms with Gasteiger partial charge in [0, 0.05) is 12.8 Å². The van der Waals surface area contributed by atoms with E-state index in [0.29, 0.717) is 18.0 Å². The van der Waals surface area contributed by atoms with Crippen molar-refractivity contribution in [2.45, 2.75) is 65.3 Å². The number of hydrogen-bond acceptors (Lipinski definition) is 3. The SMILES string of the molecule is CC(C)Cc1nc(CC2CCCCC2)nn1Cc1ccc(-c2ccccc2C(=O)O)cc1. The first-order valence-electron chi connectivity index (χ1n) is 11.8. The van der Waals surface area contributed by atoms with E-state index < -0.39 is 5.97 Å². The predicted molar refractivity (Wildman–Crippen MR) is 127 cm³/mol. The third kappa shape index (κ3) is 5.45. The number of rotatable bonds is 8.